The number of rotatable bonds is 9. The minimum absolute atomic E-state index is 0. The number of hydrogen-bond donors (Lipinski definition) is 2. The van der Waals surface area contributed by atoms with Crippen LogP contribution in [0.1, 0.15) is 50.2 Å². The first kappa shape index (κ1) is 31.5. The molecule has 3 fully saturated rings. The molecule has 9 nitrogen and oxygen atoms in total. The van der Waals surface area contributed by atoms with E-state index in [1.165, 1.54) is 0 Å². The molecule has 10 heteroatoms. The maximum atomic E-state index is 14.2. The lowest BCUT2D eigenvalue weighted by Crippen LogP contribution is -2.66. The molecule has 2 aliphatic heterocycles. The van der Waals surface area contributed by atoms with Gasteiger partial charge in [-0.3, -0.25) is 19.2 Å². The van der Waals surface area contributed by atoms with Gasteiger partial charge in [-0.25, -0.2) is 0 Å². The quantitative estimate of drug-likeness (QED) is 0.462. The van der Waals surface area contributed by atoms with Gasteiger partial charge in [0.05, 0.1) is 12.6 Å². The van der Waals surface area contributed by atoms with Crippen LogP contribution in [0.5, 0.6) is 0 Å². The van der Waals surface area contributed by atoms with E-state index in [2.05, 4.69) is 5.32 Å². The number of amides is 4. The van der Waals surface area contributed by atoms with E-state index in [-0.39, 0.29) is 55.0 Å². The number of nitrogens with two attached hydrogens (primary N) is 1. The van der Waals surface area contributed by atoms with Crippen molar-refractivity contribution in [2.75, 3.05) is 19.6 Å². The molecule has 2 aromatic carbocycles. The fraction of sp³-hybridized carbons (Fsp3) is 0.500. The number of carbonyl (C=O) groups is 4. The number of nitrogens with one attached hydrogen (secondary N) is 1. The van der Waals surface area contributed by atoms with Crippen molar-refractivity contribution in [3.05, 3.63) is 71.8 Å². The highest BCUT2D eigenvalue weighted by molar-refractivity contribution is 5.97. The minimum Gasteiger partial charge on any atom is -0.343 e. The highest BCUT2D eigenvalue weighted by Crippen LogP contribution is 2.32. The van der Waals surface area contributed by atoms with Crippen molar-refractivity contribution in [1.29, 1.82) is 0 Å². The van der Waals surface area contributed by atoms with Crippen LogP contribution in [0.3, 0.4) is 0 Å². The lowest BCUT2D eigenvalue weighted by Gasteiger charge is -2.45. The Kier molecular flexibility index (Phi) is 10.6. The number of hydrogen-bond acceptors (Lipinski definition) is 5. The maximum Gasteiger partial charge on any atom is 0.247 e. The second-order valence-corrected chi connectivity index (χ2v) is 11.6. The molecule has 3 N–H and O–H groups in total. The van der Waals surface area contributed by atoms with Crippen LogP contribution in [-0.4, -0.2) is 82.3 Å². The summed E-state index contributed by atoms with van der Waals surface area (Å²) in [5, 5.41) is 2.93. The first-order chi connectivity index (χ1) is 19.8. The van der Waals surface area contributed by atoms with E-state index in [1.807, 2.05) is 60.7 Å². The minimum atomic E-state index is -0.748. The van der Waals surface area contributed by atoms with Crippen molar-refractivity contribution in [1.82, 2.24) is 20.0 Å². The molecule has 3 aliphatic rings. The van der Waals surface area contributed by atoms with Crippen LogP contribution in [0.2, 0.25) is 0 Å². The molecular formula is C32H42ClN5O4. The highest BCUT2D eigenvalue weighted by Gasteiger charge is 2.52. The van der Waals surface area contributed by atoms with Gasteiger partial charge < -0.3 is 25.8 Å². The van der Waals surface area contributed by atoms with E-state index in [4.69, 9.17) is 5.73 Å². The van der Waals surface area contributed by atoms with Gasteiger partial charge >= 0.3 is 0 Å². The second kappa shape index (κ2) is 14.2. The van der Waals surface area contributed by atoms with Gasteiger partial charge in [0.25, 0.3) is 0 Å². The fourth-order valence-electron chi connectivity index (χ4n) is 6.50. The summed E-state index contributed by atoms with van der Waals surface area (Å²) in [6.45, 7) is 2.23. The van der Waals surface area contributed by atoms with Gasteiger partial charge in [0.2, 0.25) is 23.6 Å². The molecule has 226 valence electrons. The van der Waals surface area contributed by atoms with Crippen LogP contribution in [0.15, 0.2) is 60.7 Å². The van der Waals surface area contributed by atoms with Crippen LogP contribution in [0.25, 0.3) is 0 Å². The number of carbonyl (C=O) groups excluding carboxylic acids is 4. The Bertz CT molecular complexity index is 1240. The third kappa shape index (κ3) is 6.95. The van der Waals surface area contributed by atoms with Gasteiger partial charge in [0, 0.05) is 13.0 Å². The molecule has 4 atom stereocenters. The van der Waals surface area contributed by atoms with Gasteiger partial charge in [-0.05, 0) is 43.2 Å². The molecule has 1 aliphatic carbocycles. The summed E-state index contributed by atoms with van der Waals surface area (Å²) in [4.78, 5) is 59.4. The van der Waals surface area contributed by atoms with Crippen molar-refractivity contribution in [2.45, 2.75) is 76.2 Å². The number of piperazine rings is 1. The van der Waals surface area contributed by atoms with Crippen LogP contribution in [0, 0.1) is 5.92 Å². The first-order valence-electron chi connectivity index (χ1n) is 14.9. The molecule has 2 aromatic rings. The second-order valence-electron chi connectivity index (χ2n) is 11.6. The lowest BCUT2D eigenvalue weighted by molar-refractivity contribution is -0.156. The van der Waals surface area contributed by atoms with Gasteiger partial charge in [0.15, 0.2) is 0 Å². The molecule has 2 saturated heterocycles. The maximum absolute atomic E-state index is 14.2. The predicted molar refractivity (Wildman–Crippen MR) is 162 cm³/mol. The molecule has 0 radical (unpaired) electrons. The van der Waals surface area contributed by atoms with E-state index in [9.17, 15) is 19.2 Å². The van der Waals surface area contributed by atoms with E-state index >= 15 is 0 Å². The molecule has 5 rings (SSSR count). The van der Waals surface area contributed by atoms with Gasteiger partial charge in [-0.1, -0.05) is 79.9 Å². The Balaban J connectivity index is 0.00000405. The Morgan fingerprint density at radius 3 is 2.19 bits per heavy atom. The van der Waals surface area contributed by atoms with Crippen LogP contribution >= 0.6 is 12.4 Å². The molecular weight excluding hydrogens is 554 g/mol. The van der Waals surface area contributed by atoms with Crippen LogP contribution in [0.4, 0.5) is 0 Å². The zero-order valence-electron chi connectivity index (χ0n) is 24.2. The summed E-state index contributed by atoms with van der Waals surface area (Å²) >= 11 is 0. The van der Waals surface area contributed by atoms with Gasteiger partial charge in [-0.2, -0.15) is 0 Å². The molecule has 1 saturated carbocycles. The van der Waals surface area contributed by atoms with Gasteiger partial charge in [0.1, 0.15) is 24.8 Å². The smallest absolute Gasteiger partial charge is 0.247 e. The first-order valence-corrected chi connectivity index (χ1v) is 14.9. The zero-order chi connectivity index (χ0) is 28.9. The average Bonchev–Trinajstić information content (AvgIpc) is 3.33. The monoisotopic (exact) mass is 595 g/mol. The Hall–Kier alpha value is -3.43. The standard InChI is InChI=1S/C32H41N5O4.ClH/c1-22(33)30(39)34-29(25-15-9-4-10-16-25)32(41)36-21-28(38)37-26(19-24-13-7-3-8-14-24)31(40)35(20-27(36)37)18-17-23-11-5-2-6-12-23;/h2-3,5-8,11-14,22,25-27,29H,4,9-10,15-21,33H2,1H3,(H,34,39);1H/t22?,26-,27+,29-;/m0./s1. The third-order valence-corrected chi connectivity index (χ3v) is 8.76. The van der Waals surface area contributed by atoms with Crippen molar-refractivity contribution in [3.8, 4) is 0 Å². The highest BCUT2D eigenvalue weighted by atomic mass is 35.5. The number of halogens is 1. The van der Waals surface area contributed by atoms with Crippen molar-refractivity contribution in [3.63, 3.8) is 0 Å². The molecule has 42 heavy (non-hydrogen) atoms. The summed E-state index contributed by atoms with van der Waals surface area (Å²) in [7, 11) is 0. The van der Waals surface area contributed by atoms with E-state index < -0.39 is 24.3 Å². The normalized spacial score (nSPS) is 22.3. The number of fused-ring (bicyclic) bond motifs is 1. The number of nitrogens with zero attached hydrogens (tertiary/aromatic N) is 3. The zero-order valence-corrected chi connectivity index (χ0v) is 25.0. The summed E-state index contributed by atoms with van der Waals surface area (Å²) in [6, 6.07) is 17.5. The summed E-state index contributed by atoms with van der Waals surface area (Å²) in [6.07, 6.45) is 5.24. The summed E-state index contributed by atoms with van der Waals surface area (Å²) in [5.41, 5.74) is 7.93. The molecule has 1 unspecified atom stereocenters. The fourth-order valence-corrected chi connectivity index (χ4v) is 6.50. The Morgan fingerprint density at radius 2 is 1.57 bits per heavy atom. The average molecular weight is 596 g/mol. The lowest BCUT2D eigenvalue weighted by atomic mass is 9.83. The van der Waals surface area contributed by atoms with Crippen LogP contribution in [-0.2, 0) is 32.0 Å². The van der Waals surface area contributed by atoms with Crippen molar-refractivity contribution in [2.24, 2.45) is 11.7 Å². The summed E-state index contributed by atoms with van der Waals surface area (Å²) < 4.78 is 0. The SMILES string of the molecule is CC(N)C(=O)N[C@H](C(=O)N1CC(=O)N2[C@@H]1CN(CCc1ccccc1)C(=O)[C@@H]2Cc1ccccc1)C1CCCCC1.Cl. The topological polar surface area (TPSA) is 116 Å². The molecule has 2 heterocycles. The molecule has 0 bridgehead atoms. The summed E-state index contributed by atoms with van der Waals surface area (Å²) in [5.74, 6) is -0.981. The van der Waals surface area contributed by atoms with Crippen molar-refractivity contribution >= 4 is 36.0 Å². The molecule has 4 amide bonds. The van der Waals surface area contributed by atoms with E-state index in [0.29, 0.717) is 19.4 Å². The van der Waals surface area contributed by atoms with Gasteiger partial charge in [-0.15, -0.1) is 12.4 Å². The largest absolute Gasteiger partial charge is 0.343 e. The predicted octanol–water partition coefficient (Wildman–Crippen LogP) is 2.51. The third-order valence-electron chi connectivity index (χ3n) is 8.76. The van der Waals surface area contributed by atoms with Crippen LogP contribution < -0.4 is 11.1 Å². The molecule has 0 aromatic heterocycles. The number of benzene rings is 2. The van der Waals surface area contributed by atoms with E-state index in [0.717, 1.165) is 43.2 Å². The van der Waals surface area contributed by atoms with E-state index in [1.54, 1.807) is 21.6 Å². The Morgan fingerprint density at radius 1 is 0.952 bits per heavy atom. The Labute approximate surface area is 254 Å². The molecule has 0 spiro atoms. The van der Waals surface area contributed by atoms with Crippen molar-refractivity contribution < 1.29 is 19.2 Å².